The summed E-state index contributed by atoms with van der Waals surface area (Å²) in [5, 5.41) is 3.97. The summed E-state index contributed by atoms with van der Waals surface area (Å²) in [5.74, 6) is 0.320. The fourth-order valence-electron chi connectivity index (χ4n) is 2.48. The van der Waals surface area contributed by atoms with Crippen molar-refractivity contribution in [1.29, 1.82) is 0 Å². The molecule has 0 fully saturated rings. The summed E-state index contributed by atoms with van der Waals surface area (Å²) in [6.07, 6.45) is 0. The second-order valence-electron chi connectivity index (χ2n) is 5.02. The van der Waals surface area contributed by atoms with E-state index in [9.17, 15) is 9.59 Å². The second-order valence-corrected chi connectivity index (χ2v) is 5.02. The van der Waals surface area contributed by atoms with Gasteiger partial charge in [-0.15, -0.1) is 0 Å². The number of hydrogen-bond donors (Lipinski definition) is 0. The molecule has 0 heterocycles. The lowest BCUT2D eigenvalue weighted by Gasteiger charge is -2.08. The van der Waals surface area contributed by atoms with Crippen LogP contribution in [0.1, 0.15) is 13.8 Å². The summed E-state index contributed by atoms with van der Waals surface area (Å²) >= 11 is 0. The van der Waals surface area contributed by atoms with Crippen LogP contribution < -0.4 is 9.47 Å². The van der Waals surface area contributed by atoms with Gasteiger partial charge in [0.05, 0.1) is 0 Å². The number of hydrogen-bond acceptors (Lipinski definition) is 4. The van der Waals surface area contributed by atoms with Crippen molar-refractivity contribution in [3.63, 3.8) is 0 Å². The van der Waals surface area contributed by atoms with Crippen molar-refractivity contribution in [1.82, 2.24) is 0 Å². The molecule has 4 nitrogen and oxygen atoms in total. The van der Waals surface area contributed by atoms with E-state index >= 15 is 0 Å². The minimum absolute atomic E-state index is 0.350. The maximum absolute atomic E-state index is 11.1. The molecular weight excluding hydrogens is 280 g/mol. The van der Waals surface area contributed by atoms with Crippen LogP contribution >= 0.6 is 0 Å². The van der Waals surface area contributed by atoms with E-state index in [1.165, 1.54) is 13.8 Å². The second kappa shape index (κ2) is 5.48. The van der Waals surface area contributed by atoms with Gasteiger partial charge in [-0.2, -0.15) is 0 Å². The van der Waals surface area contributed by atoms with E-state index in [2.05, 4.69) is 0 Å². The van der Waals surface area contributed by atoms with Crippen molar-refractivity contribution in [2.45, 2.75) is 13.8 Å². The van der Waals surface area contributed by atoms with Crippen LogP contribution in [0.25, 0.3) is 21.5 Å². The maximum Gasteiger partial charge on any atom is 0.308 e. The summed E-state index contributed by atoms with van der Waals surface area (Å²) < 4.78 is 10.2. The van der Waals surface area contributed by atoms with Gasteiger partial charge < -0.3 is 9.47 Å². The normalized spacial score (nSPS) is 10.6. The molecule has 0 bridgehead atoms. The molecule has 0 saturated carbocycles. The first-order valence-corrected chi connectivity index (χ1v) is 6.86. The molecule has 0 radical (unpaired) electrons. The van der Waals surface area contributed by atoms with Crippen molar-refractivity contribution < 1.29 is 19.1 Å². The Morgan fingerprint density at radius 3 is 1.91 bits per heavy atom. The molecule has 0 aliphatic carbocycles. The quantitative estimate of drug-likeness (QED) is 0.409. The van der Waals surface area contributed by atoms with Crippen LogP contribution in [0.3, 0.4) is 0 Å². The van der Waals surface area contributed by atoms with E-state index in [0.29, 0.717) is 11.5 Å². The standard InChI is InChI=1S/C18H14O4/c1-11(19)21-15-7-8-17-14(9-15)4-3-13-5-6-16(10-18(13)17)22-12(2)20/h3-10H,1-2H3. The summed E-state index contributed by atoms with van der Waals surface area (Å²) in [7, 11) is 0. The van der Waals surface area contributed by atoms with Gasteiger partial charge in [0.25, 0.3) is 0 Å². The molecule has 3 aromatic carbocycles. The maximum atomic E-state index is 11.1. The number of carbonyl (C=O) groups is 2. The van der Waals surface area contributed by atoms with Crippen LogP contribution in [0.15, 0.2) is 48.5 Å². The average molecular weight is 294 g/mol. The van der Waals surface area contributed by atoms with Crippen LogP contribution in [0.2, 0.25) is 0 Å². The molecule has 0 unspecified atom stereocenters. The molecule has 0 saturated heterocycles. The largest absolute Gasteiger partial charge is 0.427 e. The number of esters is 2. The van der Waals surface area contributed by atoms with Gasteiger partial charge in [-0.1, -0.05) is 24.3 Å². The van der Waals surface area contributed by atoms with Gasteiger partial charge in [-0.05, 0) is 45.8 Å². The minimum Gasteiger partial charge on any atom is -0.427 e. The van der Waals surface area contributed by atoms with Gasteiger partial charge in [-0.3, -0.25) is 9.59 Å². The molecule has 0 spiro atoms. The van der Waals surface area contributed by atoms with Crippen LogP contribution in [0.4, 0.5) is 0 Å². The number of carbonyl (C=O) groups excluding carboxylic acids is 2. The Morgan fingerprint density at radius 1 is 0.682 bits per heavy atom. The van der Waals surface area contributed by atoms with Crippen molar-refractivity contribution >= 4 is 33.5 Å². The number of ether oxygens (including phenoxy) is 2. The van der Waals surface area contributed by atoms with Crippen LogP contribution in [0, 0.1) is 0 Å². The highest BCUT2D eigenvalue weighted by Crippen LogP contribution is 2.31. The first-order valence-electron chi connectivity index (χ1n) is 6.86. The zero-order valence-electron chi connectivity index (χ0n) is 12.3. The average Bonchev–Trinajstić information content (AvgIpc) is 2.45. The van der Waals surface area contributed by atoms with Crippen molar-refractivity contribution in [2.24, 2.45) is 0 Å². The molecule has 0 N–H and O–H groups in total. The van der Waals surface area contributed by atoms with Gasteiger partial charge in [-0.25, -0.2) is 0 Å². The zero-order valence-corrected chi connectivity index (χ0v) is 12.3. The third-order valence-corrected chi connectivity index (χ3v) is 3.30. The summed E-state index contributed by atoms with van der Waals surface area (Å²) in [5.41, 5.74) is 0. The monoisotopic (exact) mass is 294 g/mol. The molecule has 0 aliphatic rings. The van der Waals surface area contributed by atoms with Crippen LogP contribution in [-0.2, 0) is 9.59 Å². The first-order chi connectivity index (χ1) is 10.5. The first kappa shape index (κ1) is 14.1. The van der Waals surface area contributed by atoms with E-state index in [4.69, 9.17) is 9.47 Å². The topological polar surface area (TPSA) is 52.6 Å². The van der Waals surface area contributed by atoms with Gasteiger partial charge in [0.2, 0.25) is 0 Å². The molecule has 0 amide bonds. The SMILES string of the molecule is CC(=O)Oc1ccc2c(ccc3ccc(OC(C)=O)cc32)c1. The Balaban J connectivity index is 2.16. The zero-order chi connectivity index (χ0) is 15.7. The highest BCUT2D eigenvalue weighted by Gasteiger charge is 2.06. The molecule has 4 heteroatoms. The van der Waals surface area contributed by atoms with Crippen LogP contribution in [-0.4, -0.2) is 11.9 Å². The summed E-state index contributed by atoms with van der Waals surface area (Å²) in [4.78, 5) is 22.1. The lowest BCUT2D eigenvalue weighted by atomic mass is 10.0. The number of rotatable bonds is 2. The number of benzene rings is 3. The molecule has 110 valence electrons. The lowest BCUT2D eigenvalue weighted by molar-refractivity contribution is -0.132. The number of fused-ring (bicyclic) bond motifs is 3. The van der Waals surface area contributed by atoms with Gasteiger partial charge in [0.15, 0.2) is 0 Å². The Labute approximate surface area is 127 Å². The highest BCUT2D eigenvalue weighted by molar-refractivity contribution is 6.08. The predicted octanol–water partition coefficient (Wildman–Crippen LogP) is 3.84. The Hall–Kier alpha value is -2.88. The third-order valence-electron chi connectivity index (χ3n) is 3.30. The van der Waals surface area contributed by atoms with E-state index in [1.54, 1.807) is 12.1 Å². The highest BCUT2D eigenvalue weighted by atomic mass is 16.5. The molecule has 0 atom stereocenters. The minimum atomic E-state index is -0.350. The Kier molecular flexibility index (Phi) is 3.51. The fourth-order valence-corrected chi connectivity index (χ4v) is 2.48. The summed E-state index contributed by atoms with van der Waals surface area (Å²) in [6.45, 7) is 2.74. The van der Waals surface area contributed by atoms with Gasteiger partial charge >= 0.3 is 11.9 Å². The fraction of sp³-hybridized carbons (Fsp3) is 0.111. The lowest BCUT2D eigenvalue weighted by Crippen LogP contribution is -2.01. The molecular formula is C18H14O4. The molecule has 3 rings (SSSR count). The summed E-state index contributed by atoms with van der Waals surface area (Å²) in [6, 6.07) is 14.9. The smallest absolute Gasteiger partial charge is 0.308 e. The molecule has 3 aromatic rings. The van der Waals surface area contributed by atoms with E-state index in [1.807, 2.05) is 36.4 Å². The van der Waals surface area contributed by atoms with E-state index < -0.39 is 0 Å². The van der Waals surface area contributed by atoms with E-state index in [-0.39, 0.29) is 11.9 Å². The van der Waals surface area contributed by atoms with E-state index in [0.717, 1.165) is 21.5 Å². The molecule has 0 aliphatic heterocycles. The molecule has 22 heavy (non-hydrogen) atoms. The van der Waals surface area contributed by atoms with Gasteiger partial charge in [0, 0.05) is 13.8 Å². The Bertz CT molecular complexity index is 896. The van der Waals surface area contributed by atoms with Crippen molar-refractivity contribution in [3.8, 4) is 11.5 Å². The van der Waals surface area contributed by atoms with Gasteiger partial charge in [0.1, 0.15) is 11.5 Å². The third kappa shape index (κ3) is 2.76. The molecule has 0 aromatic heterocycles. The van der Waals surface area contributed by atoms with Crippen molar-refractivity contribution in [2.75, 3.05) is 0 Å². The van der Waals surface area contributed by atoms with Crippen molar-refractivity contribution in [3.05, 3.63) is 48.5 Å². The Morgan fingerprint density at radius 2 is 1.23 bits per heavy atom. The van der Waals surface area contributed by atoms with Crippen LogP contribution in [0.5, 0.6) is 11.5 Å². The predicted molar refractivity (Wildman–Crippen MR) is 84.1 cm³/mol.